The molecule has 2 aliphatic carbocycles. The lowest BCUT2D eigenvalue weighted by atomic mass is 9.64. The third-order valence-corrected chi connectivity index (χ3v) is 9.49. The topological polar surface area (TPSA) is 84.9 Å². The Morgan fingerprint density at radius 1 is 0.930 bits per heavy atom. The zero-order valence-corrected chi connectivity index (χ0v) is 28.0. The molecule has 2 aromatic rings. The fourth-order valence-corrected chi connectivity index (χ4v) is 7.27. The number of benzene rings is 2. The number of carbonyl (C=O) groups excluding carboxylic acids is 3. The molecule has 1 heterocycles. The number of amides is 1. The molecule has 0 bridgehead atoms. The number of carbonyl (C=O) groups is 3. The number of nitrogens with zero attached hydrogens (tertiary/aromatic N) is 1. The normalized spacial score (nSPS) is 19.7. The van der Waals surface area contributed by atoms with E-state index in [1.807, 2.05) is 51.2 Å². The molecule has 0 aromatic heterocycles. The van der Waals surface area contributed by atoms with Gasteiger partial charge in [0.1, 0.15) is 0 Å². The van der Waals surface area contributed by atoms with E-state index in [0.717, 1.165) is 40.9 Å². The van der Waals surface area contributed by atoms with Gasteiger partial charge in [-0.25, -0.2) is 0 Å². The minimum atomic E-state index is -0.499. The Bertz CT molecular complexity index is 1550. The van der Waals surface area contributed by atoms with Crippen LogP contribution in [0.1, 0.15) is 76.0 Å². The lowest BCUT2D eigenvalue weighted by molar-refractivity contribution is -0.120. The molecule has 0 fully saturated rings. The summed E-state index contributed by atoms with van der Waals surface area (Å²) in [5, 5.41) is 2.88. The van der Waals surface area contributed by atoms with Crippen LogP contribution in [0.4, 0.5) is 5.69 Å². The Kier molecular flexibility index (Phi) is 8.14. The van der Waals surface area contributed by atoms with Crippen LogP contribution in [-0.2, 0) is 14.4 Å². The first-order chi connectivity index (χ1) is 20.1. The second kappa shape index (κ2) is 11.3. The van der Waals surface area contributed by atoms with Crippen LogP contribution in [0.3, 0.4) is 0 Å². The zero-order chi connectivity index (χ0) is 31.4. The maximum Gasteiger partial charge on any atom is 0.262 e. The summed E-state index contributed by atoms with van der Waals surface area (Å²) in [5.41, 5.74) is 6.76. The Balaban J connectivity index is 1.52. The number of allylic oxidation sites excluding steroid dienone is 4. The fourth-order valence-electron chi connectivity index (χ4n) is 6.70. The van der Waals surface area contributed by atoms with E-state index < -0.39 is 5.92 Å². The number of aryl methyl sites for hydroxylation is 2. The summed E-state index contributed by atoms with van der Waals surface area (Å²) < 4.78 is 12.3. The van der Waals surface area contributed by atoms with Crippen molar-refractivity contribution in [2.24, 2.45) is 10.8 Å². The van der Waals surface area contributed by atoms with E-state index in [0.29, 0.717) is 45.6 Å². The average molecular weight is 650 g/mol. The van der Waals surface area contributed by atoms with Gasteiger partial charge < -0.3 is 19.7 Å². The summed E-state index contributed by atoms with van der Waals surface area (Å²) in [6.45, 7) is 12.3. The van der Waals surface area contributed by atoms with Crippen molar-refractivity contribution in [3.63, 3.8) is 0 Å². The average Bonchev–Trinajstić information content (AvgIpc) is 2.89. The van der Waals surface area contributed by atoms with Gasteiger partial charge in [0.2, 0.25) is 0 Å². The number of hydrogen-bond acceptors (Lipinski definition) is 6. The van der Waals surface area contributed by atoms with E-state index in [4.69, 9.17) is 9.47 Å². The number of ether oxygens (including phenoxy) is 2. The molecule has 0 radical (unpaired) electrons. The first-order valence-corrected chi connectivity index (χ1v) is 15.5. The van der Waals surface area contributed by atoms with Crippen molar-refractivity contribution in [1.82, 2.24) is 4.90 Å². The summed E-state index contributed by atoms with van der Waals surface area (Å²) in [7, 11) is 3.54. The number of rotatable bonds is 6. The molecule has 43 heavy (non-hydrogen) atoms. The van der Waals surface area contributed by atoms with Gasteiger partial charge in [-0.15, -0.1) is 0 Å². The summed E-state index contributed by atoms with van der Waals surface area (Å²) in [5.74, 6) is 0.146. The van der Waals surface area contributed by atoms with Gasteiger partial charge in [-0.05, 0) is 94.4 Å². The molecule has 1 amide bonds. The molecule has 2 aromatic carbocycles. The Morgan fingerprint density at radius 2 is 1.51 bits per heavy atom. The lowest BCUT2D eigenvalue weighted by Crippen LogP contribution is -2.43. The number of methoxy groups -OCH3 is 1. The van der Waals surface area contributed by atoms with Crippen molar-refractivity contribution in [2.45, 2.75) is 73.1 Å². The van der Waals surface area contributed by atoms with E-state index in [1.54, 1.807) is 7.11 Å². The maximum atomic E-state index is 13.8. The predicted molar refractivity (Wildman–Crippen MR) is 171 cm³/mol. The molecular weight excluding hydrogens is 608 g/mol. The van der Waals surface area contributed by atoms with Gasteiger partial charge in [0.05, 0.1) is 11.6 Å². The molecule has 0 atom stereocenters. The van der Waals surface area contributed by atoms with Gasteiger partial charge in [-0.2, -0.15) is 0 Å². The molecule has 228 valence electrons. The second-order valence-electron chi connectivity index (χ2n) is 13.8. The number of ketones is 2. The van der Waals surface area contributed by atoms with Crippen LogP contribution < -0.4 is 14.8 Å². The highest BCUT2D eigenvalue weighted by molar-refractivity contribution is 9.10. The summed E-state index contributed by atoms with van der Waals surface area (Å²) in [6.07, 6.45) is 2.35. The molecule has 7 nitrogen and oxygen atoms in total. The van der Waals surface area contributed by atoms with Crippen LogP contribution in [0, 0.1) is 24.7 Å². The smallest absolute Gasteiger partial charge is 0.262 e. The molecular formula is C35H41BrN2O5. The Hall–Kier alpha value is -3.39. The Labute approximate surface area is 262 Å². The SMILES string of the molecule is COc1cc(C2C3=C(CC(C)(C)CC3=O)N(C)C3=C2C(=O)CC(C)(C)C3)cc(Br)c1OCC(=O)Nc1ccc(C)c(C)c1. The van der Waals surface area contributed by atoms with Gasteiger partial charge in [0.25, 0.3) is 5.91 Å². The van der Waals surface area contributed by atoms with E-state index in [2.05, 4.69) is 53.8 Å². The van der Waals surface area contributed by atoms with Crippen molar-refractivity contribution in [1.29, 1.82) is 0 Å². The van der Waals surface area contributed by atoms with Gasteiger partial charge >= 0.3 is 0 Å². The maximum absolute atomic E-state index is 13.8. The number of hydrogen-bond donors (Lipinski definition) is 1. The van der Waals surface area contributed by atoms with Crippen LogP contribution in [0.2, 0.25) is 0 Å². The fraction of sp³-hybridized carbons (Fsp3) is 0.457. The van der Waals surface area contributed by atoms with Crippen LogP contribution in [0.5, 0.6) is 11.5 Å². The number of Topliss-reactive ketones (excluding diaryl/α,β-unsaturated/α-hetero) is 2. The van der Waals surface area contributed by atoms with Crippen LogP contribution >= 0.6 is 15.9 Å². The van der Waals surface area contributed by atoms with Crippen LogP contribution in [0.25, 0.3) is 0 Å². The van der Waals surface area contributed by atoms with Crippen LogP contribution in [-0.4, -0.2) is 43.1 Å². The number of anilines is 1. The highest BCUT2D eigenvalue weighted by atomic mass is 79.9. The van der Waals surface area contributed by atoms with E-state index in [-0.39, 0.29) is 34.9 Å². The van der Waals surface area contributed by atoms with Gasteiger partial charge in [-0.1, -0.05) is 33.8 Å². The van der Waals surface area contributed by atoms with Crippen molar-refractivity contribution in [2.75, 3.05) is 26.1 Å². The molecule has 1 N–H and O–H groups in total. The summed E-state index contributed by atoms with van der Waals surface area (Å²) >= 11 is 3.65. The van der Waals surface area contributed by atoms with Crippen LogP contribution in [0.15, 0.2) is 57.3 Å². The van der Waals surface area contributed by atoms with Gasteiger partial charge in [-0.3, -0.25) is 14.4 Å². The standard InChI is InChI=1S/C35H41BrN2O5/c1-19-9-10-22(11-20(19)2)37-29(41)18-43-33-23(36)12-21(13-28(33)42-8)30-31-24(14-34(3,4)16-26(31)39)38(7)25-15-35(5,6)17-27(40)32(25)30/h9-13,30H,14-18H2,1-8H3,(H,37,41). The monoisotopic (exact) mass is 648 g/mol. The quantitative estimate of drug-likeness (QED) is 0.351. The van der Waals surface area contributed by atoms with Gasteiger partial charge in [0.15, 0.2) is 29.7 Å². The molecule has 1 aliphatic heterocycles. The molecule has 0 spiro atoms. The van der Waals surface area contributed by atoms with Crippen molar-refractivity contribution in [3.8, 4) is 11.5 Å². The first kappa shape index (κ1) is 31.0. The van der Waals surface area contributed by atoms with E-state index in [9.17, 15) is 14.4 Å². The Morgan fingerprint density at radius 3 is 2.05 bits per heavy atom. The third kappa shape index (κ3) is 6.03. The van der Waals surface area contributed by atoms with Crippen molar-refractivity contribution < 1.29 is 23.9 Å². The summed E-state index contributed by atoms with van der Waals surface area (Å²) in [4.78, 5) is 42.5. The first-order valence-electron chi connectivity index (χ1n) is 14.7. The molecule has 5 rings (SSSR count). The molecule has 0 unspecified atom stereocenters. The number of halogens is 1. The third-order valence-electron chi connectivity index (χ3n) is 8.90. The highest BCUT2D eigenvalue weighted by Crippen LogP contribution is 2.55. The minimum absolute atomic E-state index is 0.0747. The lowest BCUT2D eigenvalue weighted by Gasteiger charge is -2.48. The number of nitrogens with one attached hydrogen (secondary N) is 1. The van der Waals surface area contributed by atoms with Crippen molar-refractivity contribution >= 4 is 39.1 Å². The zero-order valence-electron chi connectivity index (χ0n) is 26.4. The van der Waals surface area contributed by atoms with Crippen molar-refractivity contribution in [3.05, 3.63) is 74.0 Å². The molecule has 0 saturated carbocycles. The summed E-state index contributed by atoms with van der Waals surface area (Å²) in [6, 6.07) is 9.48. The predicted octanol–water partition coefficient (Wildman–Crippen LogP) is 7.41. The van der Waals surface area contributed by atoms with Gasteiger partial charge in [0, 0.05) is 54.0 Å². The molecule has 3 aliphatic rings. The largest absolute Gasteiger partial charge is 0.493 e. The minimum Gasteiger partial charge on any atom is -0.493 e. The molecule has 0 saturated heterocycles. The second-order valence-corrected chi connectivity index (χ2v) is 14.6. The van der Waals surface area contributed by atoms with E-state index in [1.165, 1.54) is 0 Å². The molecule has 8 heteroatoms. The van der Waals surface area contributed by atoms with E-state index >= 15 is 0 Å². The highest BCUT2D eigenvalue weighted by Gasteiger charge is 2.48.